The summed E-state index contributed by atoms with van der Waals surface area (Å²) < 4.78 is 0. The molecule has 0 aliphatic heterocycles. The third-order valence-electron chi connectivity index (χ3n) is 1.83. The molecule has 0 fully saturated rings. The molecule has 0 saturated heterocycles. The average Bonchev–Trinajstić information content (AvgIpc) is 2.26. The Kier molecular flexibility index (Phi) is 3.67. The van der Waals surface area contributed by atoms with E-state index < -0.39 is 5.92 Å². The standard InChI is InChI=1S/C10H9NO3/c12-7-9(6-11-14)10(13)8-4-2-1-3-5-8/h1-5,7,9H,6H2. The molecule has 1 aromatic carbocycles. The molecule has 72 valence electrons. The van der Waals surface area contributed by atoms with Gasteiger partial charge >= 0.3 is 0 Å². The minimum atomic E-state index is -0.949. The predicted octanol–water partition coefficient (Wildman–Crippen LogP) is 1.45. The van der Waals surface area contributed by atoms with E-state index in [2.05, 4.69) is 5.18 Å². The fraction of sp³-hybridized carbons (Fsp3) is 0.200. The Labute approximate surface area is 80.9 Å². The van der Waals surface area contributed by atoms with Crippen LogP contribution in [0.2, 0.25) is 0 Å². The summed E-state index contributed by atoms with van der Waals surface area (Å²) in [5.41, 5.74) is 0.424. The molecule has 0 radical (unpaired) electrons. The van der Waals surface area contributed by atoms with Crippen LogP contribution in [0.1, 0.15) is 10.4 Å². The fourth-order valence-corrected chi connectivity index (χ4v) is 1.08. The predicted molar refractivity (Wildman–Crippen MR) is 51.0 cm³/mol. The van der Waals surface area contributed by atoms with E-state index in [4.69, 9.17) is 0 Å². The first-order valence-corrected chi connectivity index (χ1v) is 4.13. The summed E-state index contributed by atoms with van der Waals surface area (Å²) in [7, 11) is 0. The van der Waals surface area contributed by atoms with Crippen molar-refractivity contribution in [3.05, 3.63) is 40.8 Å². The molecule has 4 nitrogen and oxygen atoms in total. The number of aldehydes is 1. The number of nitroso groups, excluding NO2 is 1. The van der Waals surface area contributed by atoms with Crippen molar-refractivity contribution >= 4 is 12.1 Å². The lowest BCUT2D eigenvalue weighted by Gasteiger charge is -2.03. The quantitative estimate of drug-likeness (QED) is 0.306. The van der Waals surface area contributed by atoms with Crippen LogP contribution in [-0.2, 0) is 4.79 Å². The number of ketones is 1. The maximum absolute atomic E-state index is 11.5. The molecule has 1 atom stereocenters. The van der Waals surface area contributed by atoms with E-state index in [0.717, 1.165) is 0 Å². The summed E-state index contributed by atoms with van der Waals surface area (Å²) in [5, 5.41) is 2.55. The van der Waals surface area contributed by atoms with E-state index >= 15 is 0 Å². The third-order valence-corrected chi connectivity index (χ3v) is 1.83. The zero-order valence-electron chi connectivity index (χ0n) is 7.42. The van der Waals surface area contributed by atoms with Gasteiger partial charge in [-0.15, -0.1) is 0 Å². The smallest absolute Gasteiger partial charge is 0.175 e. The normalized spacial score (nSPS) is 11.7. The molecule has 0 aromatic heterocycles. The highest BCUT2D eigenvalue weighted by Gasteiger charge is 2.18. The first-order chi connectivity index (χ1) is 6.79. The van der Waals surface area contributed by atoms with Crippen LogP contribution in [0.25, 0.3) is 0 Å². The van der Waals surface area contributed by atoms with Gasteiger partial charge in [-0.1, -0.05) is 35.5 Å². The maximum atomic E-state index is 11.5. The molecule has 0 saturated carbocycles. The summed E-state index contributed by atoms with van der Waals surface area (Å²) in [6.45, 7) is -0.294. The van der Waals surface area contributed by atoms with Crippen LogP contribution in [0, 0.1) is 10.8 Å². The lowest BCUT2D eigenvalue weighted by molar-refractivity contribution is -0.109. The van der Waals surface area contributed by atoms with E-state index in [0.29, 0.717) is 11.8 Å². The second-order valence-electron chi connectivity index (χ2n) is 2.78. The van der Waals surface area contributed by atoms with Gasteiger partial charge in [0.15, 0.2) is 5.78 Å². The molecule has 4 heteroatoms. The van der Waals surface area contributed by atoms with Crippen LogP contribution >= 0.6 is 0 Å². The molecule has 14 heavy (non-hydrogen) atoms. The summed E-state index contributed by atoms with van der Waals surface area (Å²) in [4.78, 5) is 32.0. The number of carbonyl (C=O) groups is 2. The van der Waals surface area contributed by atoms with E-state index in [1.54, 1.807) is 30.3 Å². The van der Waals surface area contributed by atoms with Gasteiger partial charge in [-0.2, -0.15) is 4.91 Å². The number of Topliss-reactive ketones (excluding diaryl/α,β-unsaturated/α-hetero) is 1. The molecule has 0 aliphatic carbocycles. The summed E-state index contributed by atoms with van der Waals surface area (Å²) in [6.07, 6.45) is 0.455. The fourth-order valence-electron chi connectivity index (χ4n) is 1.08. The summed E-state index contributed by atoms with van der Waals surface area (Å²) in [5.74, 6) is -1.31. The van der Waals surface area contributed by atoms with E-state index in [-0.39, 0.29) is 12.3 Å². The molecule has 0 aliphatic rings. The van der Waals surface area contributed by atoms with Crippen molar-refractivity contribution in [2.75, 3.05) is 6.54 Å². The molecular weight excluding hydrogens is 182 g/mol. The Balaban J connectivity index is 2.83. The Morgan fingerprint density at radius 3 is 2.50 bits per heavy atom. The van der Waals surface area contributed by atoms with Crippen molar-refractivity contribution in [3.63, 3.8) is 0 Å². The molecule has 1 aromatic rings. The van der Waals surface area contributed by atoms with Gasteiger partial charge in [-0.25, -0.2) is 0 Å². The Morgan fingerprint density at radius 2 is 2.00 bits per heavy atom. The summed E-state index contributed by atoms with van der Waals surface area (Å²) >= 11 is 0. The van der Waals surface area contributed by atoms with Gasteiger partial charge in [-0.05, 0) is 0 Å². The van der Waals surface area contributed by atoms with Crippen molar-refractivity contribution in [2.24, 2.45) is 11.1 Å². The molecular formula is C10H9NO3. The third kappa shape index (κ3) is 2.32. The van der Waals surface area contributed by atoms with Crippen LogP contribution in [0.3, 0.4) is 0 Å². The number of benzene rings is 1. The number of nitrogens with zero attached hydrogens (tertiary/aromatic N) is 1. The second kappa shape index (κ2) is 5.01. The van der Waals surface area contributed by atoms with Crippen LogP contribution < -0.4 is 0 Å². The lowest BCUT2D eigenvalue weighted by atomic mass is 9.99. The molecule has 0 amide bonds. The zero-order chi connectivity index (χ0) is 10.4. The average molecular weight is 191 g/mol. The van der Waals surface area contributed by atoms with Crippen molar-refractivity contribution in [1.82, 2.24) is 0 Å². The van der Waals surface area contributed by atoms with Gasteiger partial charge in [0, 0.05) is 5.56 Å². The van der Waals surface area contributed by atoms with Crippen LogP contribution in [0.4, 0.5) is 0 Å². The topological polar surface area (TPSA) is 63.6 Å². The van der Waals surface area contributed by atoms with Gasteiger partial charge in [0.2, 0.25) is 0 Å². The van der Waals surface area contributed by atoms with Crippen LogP contribution in [0.15, 0.2) is 35.5 Å². The van der Waals surface area contributed by atoms with Crippen molar-refractivity contribution in [3.8, 4) is 0 Å². The van der Waals surface area contributed by atoms with E-state index in [1.807, 2.05) is 0 Å². The SMILES string of the molecule is O=CC(CN=O)C(=O)c1ccccc1. The van der Waals surface area contributed by atoms with Crippen molar-refractivity contribution in [2.45, 2.75) is 0 Å². The zero-order valence-corrected chi connectivity index (χ0v) is 7.42. The highest BCUT2D eigenvalue weighted by atomic mass is 16.3. The monoisotopic (exact) mass is 191 g/mol. The molecule has 1 rings (SSSR count). The van der Waals surface area contributed by atoms with Crippen LogP contribution in [0.5, 0.6) is 0 Å². The number of rotatable bonds is 5. The molecule has 0 bridgehead atoms. The largest absolute Gasteiger partial charge is 0.302 e. The lowest BCUT2D eigenvalue weighted by Crippen LogP contribution is -2.18. The van der Waals surface area contributed by atoms with Gasteiger partial charge in [-0.3, -0.25) is 4.79 Å². The molecule has 0 N–H and O–H groups in total. The number of hydrogen-bond donors (Lipinski definition) is 0. The van der Waals surface area contributed by atoms with Crippen molar-refractivity contribution < 1.29 is 9.59 Å². The van der Waals surface area contributed by atoms with Gasteiger partial charge in [0.25, 0.3) is 0 Å². The van der Waals surface area contributed by atoms with Gasteiger partial charge in [0.05, 0.1) is 6.54 Å². The van der Waals surface area contributed by atoms with E-state index in [1.165, 1.54) is 0 Å². The Hall–Kier alpha value is -1.84. The van der Waals surface area contributed by atoms with Crippen molar-refractivity contribution in [1.29, 1.82) is 0 Å². The highest BCUT2D eigenvalue weighted by molar-refractivity contribution is 6.05. The minimum absolute atomic E-state index is 0.294. The second-order valence-corrected chi connectivity index (χ2v) is 2.78. The minimum Gasteiger partial charge on any atom is -0.302 e. The summed E-state index contributed by atoms with van der Waals surface area (Å²) in [6, 6.07) is 8.37. The first kappa shape index (κ1) is 10.2. The number of carbonyl (C=O) groups excluding carboxylic acids is 2. The van der Waals surface area contributed by atoms with Gasteiger partial charge in [0.1, 0.15) is 12.2 Å². The Morgan fingerprint density at radius 1 is 1.36 bits per heavy atom. The molecule has 1 unspecified atom stereocenters. The maximum Gasteiger partial charge on any atom is 0.175 e. The highest BCUT2D eigenvalue weighted by Crippen LogP contribution is 2.07. The molecule has 0 heterocycles. The first-order valence-electron chi connectivity index (χ1n) is 4.13. The molecule has 0 spiro atoms. The van der Waals surface area contributed by atoms with E-state index in [9.17, 15) is 14.5 Å². The number of hydrogen-bond acceptors (Lipinski definition) is 4. The van der Waals surface area contributed by atoms with Crippen LogP contribution in [-0.4, -0.2) is 18.6 Å². The van der Waals surface area contributed by atoms with Gasteiger partial charge < -0.3 is 4.79 Å². The Bertz CT molecular complexity index is 334.